The second-order valence-electron chi connectivity index (χ2n) is 8.09. The van der Waals surface area contributed by atoms with Crippen molar-refractivity contribution in [1.82, 2.24) is 15.0 Å². The average Bonchev–Trinajstić information content (AvgIpc) is 3.32. The molecule has 1 amide bonds. The van der Waals surface area contributed by atoms with Gasteiger partial charge >= 0.3 is 5.97 Å². The number of ether oxygens (including phenoxy) is 1. The standard InChI is InChI=1S/C21H27N3O6S2/c1-14(2)10-24(16-8-9-32(27,28)13-16)20(25)11-29-21(26)17-6-4-5-7-18(17)31-12-19-22-15(3)23-30-19/h4-7,14,16H,8-13H2,1-3H3. The Labute approximate surface area is 191 Å². The van der Waals surface area contributed by atoms with Crippen LogP contribution in [0.3, 0.4) is 0 Å². The number of benzene rings is 1. The Hall–Kier alpha value is -2.40. The van der Waals surface area contributed by atoms with Crippen LogP contribution in [0.5, 0.6) is 0 Å². The van der Waals surface area contributed by atoms with Crippen LogP contribution in [0.15, 0.2) is 33.7 Å². The van der Waals surface area contributed by atoms with Gasteiger partial charge in [0.1, 0.15) is 0 Å². The molecule has 11 heteroatoms. The monoisotopic (exact) mass is 481 g/mol. The van der Waals surface area contributed by atoms with Crippen LogP contribution >= 0.6 is 11.8 Å². The fourth-order valence-electron chi connectivity index (χ4n) is 3.46. The molecule has 1 atom stereocenters. The highest BCUT2D eigenvalue weighted by atomic mass is 32.2. The zero-order valence-electron chi connectivity index (χ0n) is 18.3. The molecule has 3 rings (SSSR count). The predicted octanol–water partition coefficient (Wildman–Crippen LogP) is 2.50. The minimum absolute atomic E-state index is 0.0476. The summed E-state index contributed by atoms with van der Waals surface area (Å²) in [5, 5.41) is 3.74. The molecule has 1 aromatic heterocycles. The number of carbonyl (C=O) groups is 2. The fourth-order valence-corrected chi connectivity index (χ4v) is 6.06. The van der Waals surface area contributed by atoms with E-state index in [9.17, 15) is 18.0 Å². The van der Waals surface area contributed by atoms with Crippen LogP contribution in [0.25, 0.3) is 0 Å². The van der Waals surface area contributed by atoms with Gasteiger partial charge in [0.2, 0.25) is 5.89 Å². The van der Waals surface area contributed by atoms with E-state index in [-0.39, 0.29) is 29.4 Å². The number of aromatic nitrogens is 2. The van der Waals surface area contributed by atoms with Gasteiger partial charge in [-0.05, 0) is 31.4 Å². The topological polar surface area (TPSA) is 120 Å². The summed E-state index contributed by atoms with van der Waals surface area (Å²) >= 11 is 1.35. The van der Waals surface area contributed by atoms with Gasteiger partial charge in [0.25, 0.3) is 5.91 Å². The molecule has 1 aliphatic heterocycles. The lowest BCUT2D eigenvalue weighted by Crippen LogP contribution is -2.45. The van der Waals surface area contributed by atoms with Crippen molar-refractivity contribution in [3.63, 3.8) is 0 Å². The van der Waals surface area contributed by atoms with Gasteiger partial charge in [-0.25, -0.2) is 13.2 Å². The van der Waals surface area contributed by atoms with E-state index in [1.54, 1.807) is 36.1 Å². The molecular weight excluding hydrogens is 454 g/mol. The Morgan fingerprint density at radius 2 is 2.06 bits per heavy atom. The van der Waals surface area contributed by atoms with Crippen LogP contribution in [0.1, 0.15) is 42.3 Å². The summed E-state index contributed by atoms with van der Waals surface area (Å²) in [5.41, 5.74) is 0.334. The molecule has 1 saturated heterocycles. The maximum atomic E-state index is 12.8. The third kappa shape index (κ3) is 6.55. The first-order valence-corrected chi connectivity index (χ1v) is 13.1. The van der Waals surface area contributed by atoms with Gasteiger partial charge < -0.3 is 14.2 Å². The molecular formula is C21H27N3O6S2. The number of rotatable bonds is 9. The summed E-state index contributed by atoms with van der Waals surface area (Å²) in [5.74, 6) is 0.546. The first kappa shape index (κ1) is 24.2. The summed E-state index contributed by atoms with van der Waals surface area (Å²) in [6.07, 6.45) is 0.406. The van der Waals surface area contributed by atoms with Crippen LogP contribution in [0.2, 0.25) is 0 Å². The van der Waals surface area contributed by atoms with Gasteiger partial charge in [-0.3, -0.25) is 4.79 Å². The summed E-state index contributed by atoms with van der Waals surface area (Å²) in [6.45, 7) is 5.60. The zero-order valence-corrected chi connectivity index (χ0v) is 19.9. The van der Waals surface area contributed by atoms with Gasteiger partial charge in [-0.15, -0.1) is 11.8 Å². The van der Waals surface area contributed by atoms with E-state index in [0.29, 0.717) is 40.9 Å². The number of hydrogen-bond acceptors (Lipinski definition) is 9. The van der Waals surface area contributed by atoms with Crippen molar-refractivity contribution in [2.45, 2.75) is 43.9 Å². The fraction of sp³-hybridized carbons (Fsp3) is 0.524. The molecule has 0 saturated carbocycles. The molecule has 0 N–H and O–H groups in total. The molecule has 9 nitrogen and oxygen atoms in total. The van der Waals surface area contributed by atoms with Gasteiger partial charge in [0, 0.05) is 17.5 Å². The van der Waals surface area contributed by atoms with Crippen molar-refractivity contribution < 1.29 is 27.3 Å². The summed E-state index contributed by atoms with van der Waals surface area (Å²) < 4.78 is 34.1. The van der Waals surface area contributed by atoms with Crippen molar-refractivity contribution >= 4 is 33.5 Å². The summed E-state index contributed by atoms with van der Waals surface area (Å²) in [7, 11) is -3.14. The lowest BCUT2D eigenvalue weighted by atomic mass is 10.1. The SMILES string of the molecule is Cc1noc(CSc2ccccc2C(=O)OCC(=O)N(CC(C)C)C2CCS(=O)(=O)C2)n1. The average molecular weight is 482 g/mol. The second-order valence-corrected chi connectivity index (χ2v) is 11.3. The first-order chi connectivity index (χ1) is 15.1. The predicted molar refractivity (Wildman–Crippen MR) is 119 cm³/mol. The molecule has 1 aromatic carbocycles. The lowest BCUT2D eigenvalue weighted by molar-refractivity contribution is -0.137. The highest BCUT2D eigenvalue weighted by Crippen LogP contribution is 2.26. The normalized spacial score (nSPS) is 17.4. The summed E-state index contributed by atoms with van der Waals surface area (Å²) in [4.78, 5) is 31.9. The molecule has 1 unspecified atom stereocenters. The number of carbonyl (C=O) groups excluding carboxylic acids is 2. The largest absolute Gasteiger partial charge is 0.452 e. The van der Waals surface area contributed by atoms with Gasteiger partial charge in [0.15, 0.2) is 22.3 Å². The van der Waals surface area contributed by atoms with Crippen molar-refractivity contribution in [3.8, 4) is 0 Å². The number of hydrogen-bond donors (Lipinski definition) is 0. The zero-order chi connectivity index (χ0) is 23.3. The highest BCUT2D eigenvalue weighted by molar-refractivity contribution is 7.98. The Morgan fingerprint density at radius 1 is 1.31 bits per heavy atom. The number of aryl methyl sites for hydroxylation is 1. The van der Waals surface area contributed by atoms with Crippen molar-refractivity contribution in [2.75, 3.05) is 24.7 Å². The number of esters is 1. The maximum Gasteiger partial charge on any atom is 0.339 e. The van der Waals surface area contributed by atoms with E-state index in [1.165, 1.54) is 11.8 Å². The van der Waals surface area contributed by atoms with Crippen LogP contribution < -0.4 is 0 Å². The van der Waals surface area contributed by atoms with E-state index in [0.717, 1.165) is 0 Å². The van der Waals surface area contributed by atoms with E-state index in [2.05, 4.69) is 10.1 Å². The van der Waals surface area contributed by atoms with E-state index >= 15 is 0 Å². The Balaban J connectivity index is 1.63. The molecule has 0 bridgehead atoms. The molecule has 174 valence electrons. The van der Waals surface area contributed by atoms with E-state index in [1.807, 2.05) is 13.8 Å². The van der Waals surface area contributed by atoms with E-state index < -0.39 is 22.4 Å². The molecule has 2 heterocycles. The van der Waals surface area contributed by atoms with Crippen LogP contribution in [-0.4, -0.2) is 66.0 Å². The van der Waals surface area contributed by atoms with Crippen LogP contribution in [0, 0.1) is 12.8 Å². The van der Waals surface area contributed by atoms with Gasteiger partial charge in [0.05, 0.1) is 22.8 Å². The Morgan fingerprint density at radius 3 is 2.69 bits per heavy atom. The third-order valence-electron chi connectivity index (χ3n) is 4.89. The quantitative estimate of drug-likeness (QED) is 0.393. The smallest absolute Gasteiger partial charge is 0.339 e. The van der Waals surface area contributed by atoms with Crippen LogP contribution in [0.4, 0.5) is 0 Å². The number of thioether (sulfide) groups is 1. The minimum atomic E-state index is -3.14. The first-order valence-electron chi connectivity index (χ1n) is 10.3. The van der Waals surface area contributed by atoms with Crippen molar-refractivity contribution in [3.05, 3.63) is 41.5 Å². The van der Waals surface area contributed by atoms with E-state index in [4.69, 9.17) is 9.26 Å². The molecule has 0 spiro atoms. The van der Waals surface area contributed by atoms with Crippen molar-refractivity contribution in [1.29, 1.82) is 0 Å². The van der Waals surface area contributed by atoms with Gasteiger partial charge in [-0.2, -0.15) is 4.98 Å². The molecule has 2 aromatic rings. The third-order valence-corrected chi connectivity index (χ3v) is 7.69. The molecule has 0 aliphatic carbocycles. The number of sulfone groups is 1. The highest BCUT2D eigenvalue weighted by Gasteiger charge is 2.35. The number of amides is 1. The maximum absolute atomic E-state index is 12.8. The van der Waals surface area contributed by atoms with Gasteiger partial charge in [-0.1, -0.05) is 31.1 Å². The minimum Gasteiger partial charge on any atom is -0.452 e. The number of nitrogens with zero attached hydrogens (tertiary/aromatic N) is 3. The summed E-state index contributed by atoms with van der Waals surface area (Å²) in [6, 6.07) is 6.54. The molecule has 32 heavy (non-hydrogen) atoms. The molecule has 1 aliphatic rings. The molecule has 1 fully saturated rings. The Kier molecular flexibility index (Phi) is 7.94. The van der Waals surface area contributed by atoms with Crippen LogP contribution in [-0.2, 0) is 25.1 Å². The lowest BCUT2D eigenvalue weighted by Gasteiger charge is -2.29. The molecule has 0 radical (unpaired) electrons. The van der Waals surface area contributed by atoms with Crippen molar-refractivity contribution in [2.24, 2.45) is 5.92 Å². The Bertz CT molecular complexity index is 1070. The second kappa shape index (κ2) is 10.5.